The van der Waals surface area contributed by atoms with Gasteiger partial charge >= 0.3 is 5.69 Å². The lowest BCUT2D eigenvalue weighted by Crippen LogP contribution is -2.31. The number of hydrogen-bond donors (Lipinski definition) is 1. The average molecular weight is 466 g/mol. The molecule has 172 valence electrons. The summed E-state index contributed by atoms with van der Waals surface area (Å²) in [7, 11) is 0. The van der Waals surface area contributed by atoms with Gasteiger partial charge in [0.15, 0.2) is 16.3 Å². The molecule has 0 saturated heterocycles. The Labute approximate surface area is 194 Å². The molecule has 0 radical (unpaired) electrons. The van der Waals surface area contributed by atoms with Crippen LogP contribution in [-0.2, 0) is 18.8 Å². The number of thioether (sulfide) groups is 1. The largest absolute Gasteiger partial charge is 0.330 e. The Morgan fingerprint density at radius 1 is 1.09 bits per heavy atom. The minimum Gasteiger partial charge on any atom is -0.322 e. The molecule has 1 aliphatic rings. The van der Waals surface area contributed by atoms with Crippen LogP contribution in [0.15, 0.2) is 45.1 Å². The molecule has 9 nitrogen and oxygen atoms in total. The first-order chi connectivity index (χ1) is 16.1. The van der Waals surface area contributed by atoms with Crippen molar-refractivity contribution >= 4 is 22.9 Å². The molecule has 0 aliphatic heterocycles. The Hall–Kier alpha value is -3.14. The summed E-state index contributed by atoms with van der Waals surface area (Å²) in [6.45, 7) is 5.16. The highest BCUT2D eigenvalue weighted by atomic mass is 32.2. The number of aromatic amines is 1. The second-order valence-electron chi connectivity index (χ2n) is 8.28. The van der Waals surface area contributed by atoms with E-state index in [2.05, 4.69) is 38.8 Å². The number of rotatable bonds is 9. The number of benzene rings is 1. The number of imidazole rings is 1. The lowest BCUT2D eigenvalue weighted by atomic mass is 10.3. The first-order valence-corrected chi connectivity index (χ1v) is 12.5. The van der Waals surface area contributed by atoms with Gasteiger partial charge in [0.2, 0.25) is 0 Å². The normalized spacial score (nSPS) is 13.8. The Morgan fingerprint density at radius 2 is 1.88 bits per heavy atom. The molecule has 10 heteroatoms. The van der Waals surface area contributed by atoms with Gasteiger partial charge in [-0.15, -0.1) is 10.2 Å². The van der Waals surface area contributed by atoms with E-state index in [1.54, 1.807) is 16.3 Å². The van der Waals surface area contributed by atoms with E-state index >= 15 is 0 Å². The highest BCUT2D eigenvalue weighted by molar-refractivity contribution is 7.98. The predicted molar refractivity (Wildman–Crippen MR) is 128 cm³/mol. The first kappa shape index (κ1) is 21.7. The van der Waals surface area contributed by atoms with Crippen LogP contribution in [-0.4, -0.2) is 33.9 Å². The molecule has 1 fully saturated rings. The molecule has 0 spiro atoms. The number of hydrogen-bond acceptors (Lipinski definition) is 6. The van der Waals surface area contributed by atoms with E-state index in [4.69, 9.17) is 4.98 Å². The third-order valence-electron chi connectivity index (χ3n) is 5.96. The highest BCUT2D eigenvalue weighted by Crippen LogP contribution is 2.41. The van der Waals surface area contributed by atoms with Crippen molar-refractivity contribution in [2.24, 2.45) is 0 Å². The van der Waals surface area contributed by atoms with Gasteiger partial charge in [0.25, 0.3) is 5.56 Å². The average Bonchev–Trinajstić information content (AvgIpc) is 3.47. The molecule has 1 aliphatic carbocycles. The van der Waals surface area contributed by atoms with Crippen molar-refractivity contribution in [3.8, 4) is 5.69 Å². The maximum atomic E-state index is 12.7. The van der Waals surface area contributed by atoms with Crippen molar-refractivity contribution < 1.29 is 0 Å². The number of aromatic nitrogens is 7. The third kappa shape index (κ3) is 4.03. The number of unbranched alkanes of at least 4 members (excludes halogenated alkanes) is 1. The van der Waals surface area contributed by atoms with E-state index in [-0.39, 0.29) is 0 Å². The minimum atomic E-state index is -0.404. The minimum absolute atomic E-state index is 0.392. The number of aryl methyl sites for hydroxylation is 2. The van der Waals surface area contributed by atoms with Crippen molar-refractivity contribution in [2.75, 3.05) is 0 Å². The Morgan fingerprint density at radius 3 is 2.58 bits per heavy atom. The van der Waals surface area contributed by atoms with Gasteiger partial charge in [-0.25, -0.2) is 9.78 Å². The number of nitrogens with zero attached hydrogens (tertiary/aromatic N) is 6. The molecule has 5 rings (SSSR count). The van der Waals surface area contributed by atoms with Crippen LogP contribution < -0.4 is 11.2 Å². The summed E-state index contributed by atoms with van der Waals surface area (Å²) in [6, 6.07) is 10.1. The summed E-state index contributed by atoms with van der Waals surface area (Å²) in [5, 5.41) is 9.77. The Bertz CT molecular complexity index is 1400. The van der Waals surface area contributed by atoms with E-state index in [1.165, 1.54) is 0 Å². The fourth-order valence-electron chi connectivity index (χ4n) is 4.12. The fraction of sp³-hybridized carbons (Fsp3) is 0.435. The fourth-order valence-corrected chi connectivity index (χ4v) is 5.03. The molecule has 0 unspecified atom stereocenters. The number of para-hydroxylation sites is 1. The van der Waals surface area contributed by atoms with Gasteiger partial charge in [-0.3, -0.25) is 18.9 Å². The van der Waals surface area contributed by atoms with Crippen LogP contribution in [0.2, 0.25) is 0 Å². The van der Waals surface area contributed by atoms with Gasteiger partial charge in [0, 0.05) is 24.7 Å². The molecule has 33 heavy (non-hydrogen) atoms. The summed E-state index contributed by atoms with van der Waals surface area (Å²) in [5.74, 6) is 2.71. The van der Waals surface area contributed by atoms with Crippen LogP contribution in [0.4, 0.5) is 0 Å². The zero-order chi connectivity index (χ0) is 22.9. The second kappa shape index (κ2) is 9.01. The summed E-state index contributed by atoms with van der Waals surface area (Å²) in [4.78, 5) is 32.3. The summed E-state index contributed by atoms with van der Waals surface area (Å²) in [6.07, 6.45) is 4.07. The van der Waals surface area contributed by atoms with Gasteiger partial charge < -0.3 is 4.57 Å². The Kier molecular flexibility index (Phi) is 5.92. The van der Waals surface area contributed by atoms with Crippen molar-refractivity contribution in [3.63, 3.8) is 0 Å². The molecular weight excluding hydrogens is 438 g/mol. The molecule has 1 aromatic carbocycles. The molecule has 0 atom stereocenters. The quantitative estimate of drug-likeness (QED) is 0.380. The van der Waals surface area contributed by atoms with Crippen molar-refractivity contribution in [3.05, 3.63) is 62.8 Å². The molecule has 1 saturated carbocycles. The van der Waals surface area contributed by atoms with Gasteiger partial charge in [-0.2, -0.15) is 0 Å². The molecule has 1 N–H and O–H groups in total. The molecule has 0 amide bonds. The van der Waals surface area contributed by atoms with E-state index in [0.29, 0.717) is 35.9 Å². The standard InChI is InChI=1S/C23H27N7O2S/c1-3-5-13-29-20-18(21(31)25-22(29)32)28(4-2)17(24-20)14-33-23-27-26-19(15-11-12-15)30(23)16-9-7-6-8-10-16/h6-10,15H,3-5,11-14H2,1-2H3,(H,25,31,32). The lowest BCUT2D eigenvalue weighted by molar-refractivity contribution is 0.613. The molecule has 0 bridgehead atoms. The van der Waals surface area contributed by atoms with Gasteiger partial charge in [0.05, 0.1) is 5.75 Å². The van der Waals surface area contributed by atoms with Crippen LogP contribution in [0.5, 0.6) is 0 Å². The van der Waals surface area contributed by atoms with Crippen LogP contribution in [0, 0.1) is 0 Å². The summed E-state index contributed by atoms with van der Waals surface area (Å²) >= 11 is 1.55. The number of fused-ring (bicyclic) bond motifs is 1. The van der Waals surface area contributed by atoms with Crippen LogP contribution >= 0.6 is 11.8 Å². The molecule has 3 heterocycles. The second-order valence-corrected chi connectivity index (χ2v) is 9.23. The molecule has 3 aromatic heterocycles. The SMILES string of the molecule is CCCCn1c(=O)[nH]c(=O)c2c1nc(CSc1nnc(C3CC3)n1-c1ccccc1)n2CC. The van der Waals surface area contributed by atoms with E-state index in [0.717, 1.165) is 48.2 Å². The van der Waals surface area contributed by atoms with E-state index in [1.807, 2.05) is 29.7 Å². The third-order valence-corrected chi connectivity index (χ3v) is 6.89. The van der Waals surface area contributed by atoms with Crippen molar-refractivity contribution in [2.45, 2.75) is 69.4 Å². The summed E-state index contributed by atoms with van der Waals surface area (Å²) < 4.78 is 5.61. The summed E-state index contributed by atoms with van der Waals surface area (Å²) in [5.41, 5.74) is 1.15. The Balaban J connectivity index is 1.53. The molecule has 4 aromatic rings. The van der Waals surface area contributed by atoms with Crippen LogP contribution in [0.25, 0.3) is 16.9 Å². The zero-order valence-electron chi connectivity index (χ0n) is 18.8. The smallest absolute Gasteiger partial charge is 0.322 e. The van der Waals surface area contributed by atoms with Crippen LogP contribution in [0.3, 0.4) is 0 Å². The van der Waals surface area contributed by atoms with Crippen molar-refractivity contribution in [1.29, 1.82) is 0 Å². The van der Waals surface area contributed by atoms with Gasteiger partial charge in [0.1, 0.15) is 11.6 Å². The predicted octanol–water partition coefficient (Wildman–Crippen LogP) is 3.46. The maximum absolute atomic E-state index is 12.7. The highest BCUT2D eigenvalue weighted by Gasteiger charge is 2.31. The van der Waals surface area contributed by atoms with Crippen molar-refractivity contribution in [1.82, 2.24) is 33.9 Å². The van der Waals surface area contributed by atoms with Crippen LogP contribution in [0.1, 0.15) is 57.1 Å². The first-order valence-electron chi connectivity index (χ1n) is 11.5. The van der Waals surface area contributed by atoms with E-state index < -0.39 is 11.2 Å². The molecular formula is C23H27N7O2S. The monoisotopic (exact) mass is 465 g/mol. The number of H-pyrrole nitrogens is 1. The topological polar surface area (TPSA) is 103 Å². The zero-order valence-corrected chi connectivity index (χ0v) is 19.6. The van der Waals surface area contributed by atoms with Gasteiger partial charge in [-0.1, -0.05) is 43.3 Å². The maximum Gasteiger partial charge on any atom is 0.330 e. The van der Waals surface area contributed by atoms with E-state index in [9.17, 15) is 9.59 Å². The number of nitrogens with one attached hydrogen (secondary N) is 1. The van der Waals surface area contributed by atoms with Gasteiger partial charge in [-0.05, 0) is 38.3 Å². The lowest BCUT2D eigenvalue weighted by Gasteiger charge is -2.10.